The third-order valence-corrected chi connectivity index (χ3v) is 14.4. The van der Waals surface area contributed by atoms with E-state index in [0.29, 0.717) is 22.6 Å². The highest BCUT2D eigenvalue weighted by molar-refractivity contribution is 6.24. The lowest BCUT2D eigenvalue weighted by Gasteiger charge is -2.16. The highest BCUT2D eigenvalue weighted by Gasteiger charge is 2.25. The van der Waals surface area contributed by atoms with Gasteiger partial charge in [0.15, 0.2) is 0 Å². The minimum Gasteiger partial charge on any atom is -0.455 e. The highest BCUT2D eigenvalue weighted by atomic mass is 16.3. The van der Waals surface area contributed by atoms with Gasteiger partial charge in [-0.3, -0.25) is 0 Å². The molecule has 0 atom stereocenters. The van der Waals surface area contributed by atoms with Crippen LogP contribution in [0.25, 0.3) is 137 Å². The van der Waals surface area contributed by atoms with E-state index in [1.165, 1.54) is 21.5 Å². The lowest BCUT2D eigenvalue weighted by Crippen LogP contribution is -2.02. The molecule has 0 saturated carbocycles. The van der Waals surface area contributed by atoms with Crippen LogP contribution in [0.2, 0.25) is 0 Å². The Morgan fingerprint density at radius 2 is 0.812 bits per heavy atom. The summed E-state index contributed by atoms with van der Waals surface area (Å²) in [4.78, 5) is 4.24. The third kappa shape index (κ3) is 5.02. The van der Waals surface area contributed by atoms with Crippen molar-refractivity contribution in [2.24, 2.45) is 0 Å². The van der Waals surface area contributed by atoms with Gasteiger partial charge in [0.05, 0.1) is 73.0 Å². The van der Waals surface area contributed by atoms with Crippen LogP contribution in [0.1, 0.15) is 5.56 Å². The Labute approximate surface area is 393 Å². The summed E-state index contributed by atoms with van der Waals surface area (Å²) in [5.41, 5.74) is 14.0. The third-order valence-electron chi connectivity index (χ3n) is 14.4. The second-order valence-electron chi connectivity index (χ2n) is 17.8. The predicted molar refractivity (Wildman–Crippen MR) is 282 cm³/mol. The van der Waals surface area contributed by atoms with Gasteiger partial charge in [0.2, 0.25) is 5.69 Å². The fraction of sp³-hybridized carbons (Fsp3) is 0. The number of nitrogens with zero attached hydrogens (tertiary/aromatic N) is 6. The molecule has 0 aliphatic heterocycles. The van der Waals surface area contributed by atoms with Gasteiger partial charge in [0.1, 0.15) is 17.2 Å². The van der Waals surface area contributed by atoms with E-state index in [2.05, 4.69) is 199 Å². The topological polar surface area (TPSA) is 61.0 Å². The van der Waals surface area contributed by atoms with Crippen molar-refractivity contribution in [1.82, 2.24) is 18.3 Å². The number of furan rings is 1. The van der Waals surface area contributed by atoms with E-state index in [9.17, 15) is 5.26 Å². The van der Waals surface area contributed by atoms with Gasteiger partial charge in [-0.25, -0.2) is 4.85 Å². The van der Waals surface area contributed by atoms with Crippen molar-refractivity contribution < 1.29 is 4.42 Å². The molecule has 0 bridgehead atoms. The Morgan fingerprint density at radius 3 is 1.36 bits per heavy atom. The minimum absolute atomic E-state index is 0.430. The molecule has 15 aromatic rings. The molecule has 0 aliphatic carbocycles. The lowest BCUT2D eigenvalue weighted by atomic mass is 10.1. The van der Waals surface area contributed by atoms with E-state index < -0.39 is 0 Å². The van der Waals surface area contributed by atoms with Gasteiger partial charge in [-0.05, 0) is 97.1 Å². The van der Waals surface area contributed by atoms with Crippen LogP contribution in [0.15, 0.2) is 211 Å². The molecule has 0 N–H and O–H groups in total. The first-order valence-electron chi connectivity index (χ1n) is 23.0. The molecule has 10 aromatic carbocycles. The number of nitriles is 1. The largest absolute Gasteiger partial charge is 0.455 e. The zero-order valence-electron chi connectivity index (χ0n) is 36.7. The molecular weight excluding hydrogens is 845 g/mol. The summed E-state index contributed by atoms with van der Waals surface area (Å²) in [7, 11) is 0. The summed E-state index contributed by atoms with van der Waals surface area (Å²) in [6.07, 6.45) is 0. The Morgan fingerprint density at radius 1 is 0.377 bits per heavy atom. The van der Waals surface area contributed by atoms with Crippen molar-refractivity contribution >= 4 is 115 Å². The van der Waals surface area contributed by atoms with Crippen molar-refractivity contribution in [3.63, 3.8) is 0 Å². The molecule has 0 aliphatic rings. The molecule has 7 heteroatoms. The van der Waals surface area contributed by atoms with Gasteiger partial charge in [0.25, 0.3) is 0 Å². The first-order valence-corrected chi connectivity index (χ1v) is 23.0. The first-order chi connectivity index (χ1) is 34.2. The molecule has 0 amide bonds. The van der Waals surface area contributed by atoms with E-state index >= 15 is 0 Å². The first kappa shape index (κ1) is 37.4. The fourth-order valence-electron chi connectivity index (χ4n) is 11.5. The zero-order chi connectivity index (χ0) is 45.5. The van der Waals surface area contributed by atoms with Crippen molar-refractivity contribution in [3.8, 4) is 28.8 Å². The smallest absolute Gasteiger partial charge is 0.212 e. The summed E-state index contributed by atoms with van der Waals surface area (Å²) in [6, 6.07) is 74.5. The Balaban J connectivity index is 0.980. The van der Waals surface area contributed by atoms with Crippen LogP contribution in [0.4, 0.5) is 5.69 Å². The number of aromatic nitrogens is 4. The summed E-state index contributed by atoms with van der Waals surface area (Å²) in [6.45, 7) is 8.77. The van der Waals surface area contributed by atoms with Crippen molar-refractivity contribution in [2.75, 3.05) is 0 Å². The SMILES string of the molecule is [C-]#[N+]c1cc(-n2c3ccc(-n4c5ccccc5c5ccccc54)cc3c3c4oc5ccccc5c4ccc32)c(C#N)cc1-n1c2ccccc2c2cc(-n3c4ccccc4c4ccccc43)ccc21. The summed E-state index contributed by atoms with van der Waals surface area (Å²) < 4.78 is 15.7. The fourth-order valence-corrected chi connectivity index (χ4v) is 11.5. The van der Waals surface area contributed by atoms with Crippen LogP contribution in [0.3, 0.4) is 0 Å². The molecular formula is C62H34N6O. The summed E-state index contributed by atoms with van der Waals surface area (Å²) in [5, 5.41) is 22.1. The molecule has 7 nitrogen and oxygen atoms in total. The highest BCUT2D eigenvalue weighted by Crippen LogP contribution is 2.45. The summed E-state index contributed by atoms with van der Waals surface area (Å²) >= 11 is 0. The Hall–Kier alpha value is -9.82. The minimum atomic E-state index is 0.430. The quantitative estimate of drug-likeness (QED) is 0.165. The predicted octanol–water partition coefficient (Wildman–Crippen LogP) is 16.4. The Bertz CT molecular complexity index is 4720. The second-order valence-corrected chi connectivity index (χ2v) is 17.8. The van der Waals surface area contributed by atoms with E-state index in [0.717, 1.165) is 99.0 Å². The monoisotopic (exact) mass is 878 g/mol. The normalized spacial score (nSPS) is 12.0. The van der Waals surface area contributed by atoms with Gasteiger partial charge in [-0.1, -0.05) is 109 Å². The summed E-state index contributed by atoms with van der Waals surface area (Å²) in [5.74, 6) is 0. The number of hydrogen-bond donors (Lipinski definition) is 0. The molecule has 318 valence electrons. The second kappa shape index (κ2) is 13.9. The van der Waals surface area contributed by atoms with Crippen molar-refractivity contribution in [1.29, 1.82) is 5.26 Å². The van der Waals surface area contributed by atoms with Crippen LogP contribution in [-0.2, 0) is 0 Å². The van der Waals surface area contributed by atoms with Gasteiger partial charge in [0, 0.05) is 59.9 Å². The van der Waals surface area contributed by atoms with E-state index in [1.54, 1.807) is 0 Å². The molecule has 0 saturated heterocycles. The molecule has 5 aromatic heterocycles. The zero-order valence-corrected chi connectivity index (χ0v) is 36.7. The van der Waals surface area contributed by atoms with Crippen LogP contribution < -0.4 is 0 Å². The Kier molecular flexibility index (Phi) is 7.51. The molecule has 15 rings (SSSR count). The van der Waals surface area contributed by atoms with Crippen LogP contribution in [0.5, 0.6) is 0 Å². The van der Waals surface area contributed by atoms with Crippen LogP contribution >= 0.6 is 0 Å². The lowest BCUT2D eigenvalue weighted by molar-refractivity contribution is 0.673. The van der Waals surface area contributed by atoms with Crippen molar-refractivity contribution in [2.45, 2.75) is 0 Å². The number of benzene rings is 10. The molecule has 69 heavy (non-hydrogen) atoms. The standard InChI is InChI=1S/C62H34N6O/c1-64-49-35-58(37(36-63)32-59(49)67-54-24-12-6-18-44(54)47-33-38(26-29-55(47)67)65-50-20-8-2-14-40(50)41-15-3-9-21-51(41)65)68-56-30-27-39(66-52-22-10-4-16-42(52)43-17-5-11-23-53(43)66)34-48(56)61-57(68)31-28-46-45-19-7-13-25-60(45)69-62(46)61/h2-35H. The maximum Gasteiger partial charge on any atom is 0.212 e. The molecule has 5 heterocycles. The van der Waals surface area contributed by atoms with Crippen molar-refractivity contribution in [3.05, 3.63) is 223 Å². The number of hydrogen-bond acceptors (Lipinski definition) is 2. The molecule has 0 unspecified atom stereocenters. The maximum absolute atomic E-state index is 11.3. The number of rotatable bonds is 4. The number of para-hydroxylation sites is 6. The van der Waals surface area contributed by atoms with E-state index in [4.69, 9.17) is 11.0 Å². The van der Waals surface area contributed by atoms with Gasteiger partial charge < -0.3 is 22.7 Å². The van der Waals surface area contributed by atoms with Gasteiger partial charge in [-0.2, -0.15) is 5.26 Å². The molecule has 0 radical (unpaired) electrons. The average Bonchev–Trinajstić information content (AvgIpc) is 4.21. The maximum atomic E-state index is 11.3. The molecule has 0 fully saturated rings. The van der Waals surface area contributed by atoms with E-state index in [1.807, 2.05) is 36.4 Å². The van der Waals surface area contributed by atoms with Gasteiger partial charge in [-0.15, -0.1) is 0 Å². The van der Waals surface area contributed by atoms with Crippen LogP contribution in [-0.4, -0.2) is 18.3 Å². The van der Waals surface area contributed by atoms with Crippen LogP contribution in [0, 0.1) is 17.9 Å². The van der Waals surface area contributed by atoms with Gasteiger partial charge >= 0.3 is 0 Å². The number of fused-ring (bicyclic) bond motifs is 16. The molecule has 0 spiro atoms. The van der Waals surface area contributed by atoms with E-state index in [-0.39, 0.29) is 0 Å². The average molecular weight is 879 g/mol.